The summed E-state index contributed by atoms with van der Waals surface area (Å²) in [6.45, 7) is 2.27. The molecule has 0 atom stereocenters. The molecule has 0 aromatic carbocycles. The number of carbonyl (C=O) groups is 1. The summed E-state index contributed by atoms with van der Waals surface area (Å²) >= 11 is 0. The smallest absolute Gasteiger partial charge is 0.303 e. The number of unbranched alkanes of at least 4 members (excludes halogenated alkanes) is 27. The van der Waals surface area contributed by atoms with Gasteiger partial charge in [-0.25, -0.2) is 0 Å². The van der Waals surface area contributed by atoms with Crippen LogP contribution in [0.15, 0.2) is 24.3 Å². The van der Waals surface area contributed by atoms with Crippen LogP contribution in [0.2, 0.25) is 0 Å². The van der Waals surface area contributed by atoms with Crippen molar-refractivity contribution < 1.29 is 9.90 Å². The summed E-state index contributed by atoms with van der Waals surface area (Å²) in [7, 11) is 0. The van der Waals surface area contributed by atoms with Crippen LogP contribution < -0.4 is 0 Å². The monoisotopic (exact) mass is 547 g/mol. The summed E-state index contributed by atoms with van der Waals surface area (Å²) in [5.41, 5.74) is 0. The minimum Gasteiger partial charge on any atom is -0.481 e. The first-order valence-electron chi connectivity index (χ1n) is 17.8. The van der Waals surface area contributed by atoms with Crippen molar-refractivity contribution in [3.63, 3.8) is 0 Å². The predicted octanol–water partition coefficient (Wildman–Crippen LogP) is 13.3. The van der Waals surface area contributed by atoms with E-state index in [2.05, 4.69) is 31.2 Å². The van der Waals surface area contributed by atoms with Crippen LogP contribution in [0.3, 0.4) is 0 Å². The van der Waals surface area contributed by atoms with Gasteiger partial charge in [-0.15, -0.1) is 0 Å². The Bertz CT molecular complexity index is 522. The third-order valence-electron chi connectivity index (χ3n) is 8.06. The number of carboxylic acid groups (broad SMARTS) is 1. The lowest BCUT2D eigenvalue weighted by Gasteiger charge is -2.04. The van der Waals surface area contributed by atoms with E-state index in [1.807, 2.05) is 0 Å². The number of hydrogen-bond acceptors (Lipinski definition) is 1. The Kier molecular flexibility index (Phi) is 34.0. The Balaban J connectivity index is 3.11. The molecule has 0 saturated carbocycles. The van der Waals surface area contributed by atoms with Gasteiger partial charge in [0.05, 0.1) is 0 Å². The van der Waals surface area contributed by atoms with Gasteiger partial charge < -0.3 is 5.11 Å². The molecule has 0 aromatic rings. The van der Waals surface area contributed by atoms with Crippen LogP contribution in [0.1, 0.15) is 206 Å². The second-order valence-electron chi connectivity index (χ2n) is 12.1. The van der Waals surface area contributed by atoms with Crippen molar-refractivity contribution in [3.05, 3.63) is 24.3 Å². The van der Waals surface area contributed by atoms with E-state index in [4.69, 9.17) is 5.11 Å². The van der Waals surface area contributed by atoms with Gasteiger partial charge in [-0.3, -0.25) is 4.79 Å². The van der Waals surface area contributed by atoms with E-state index in [0.717, 1.165) is 12.8 Å². The van der Waals surface area contributed by atoms with Gasteiger partial charge in [0.2, 0.25) is 0 Å². The zero-order valence-electron chi connectivity index (χ0n) is 26.6. The first-order valence-corrected chi connectivity index (χ1v) is 17.8. The summed E-state index contributed by atoms with van der Waals surface area (Å²) in [6.07, 6.45) is 50.4. The summed E-state index contributed by atoms with van der Waals surface area (Å²) in [4.78, 5) is 10.5. The Hall–Kier alpha value is -1.05. The Morgan fingerprint density at radius 1 is 0.385 bits per heavy atom. The van der Waals surface area contributed by atoms with E-state index in [0.29, 0.717) is 6.42 Å². The molecular formula is C37H70O2. The van der Waals surface area contributed by atoms with E-state index in [-0.39, 0.29) is 0 Å². The Morgan fingerprint density at radius 3 is 0.872 bits per heavy atom. The highest BCUT2D eigenvalue weighted by Gasteiger charge is 1.97. The van der Waals surface area contributed by atoms with Crippen LogP contribution in [0, 0.1) is 0 Å². The number of hydrogen-bond donors (Lipinski definition) is 1. The van der Waals surface area contributed by atoms with Gasteiger partial charge in [-0.1, -0.05) is 166 Å². The highest BCUT2D eigenvalue weighted by atomic mass is 16.4. The van der Waals surface area contributed by atoms with E-state index in [1.54, 1.807) is 0 Å². The number of aliphatic carboxylic acids is 1. The summed E-state index contributed by atoms with van der Waals surface area (Å²) in [5, 5.41) is 8.63. The fourth-order valence-electron chi connectivity index (χ4n) is 5.41. The van der Waals surface area contributed by atoms with E-state index in [1.165, 1.54) is 180 Å². The Morgan fingerprint density at radius 2 is 0.615 bits per heavy atom. The van der Waals surface area contributed by atoms with Crippen molar-refractivity contribution in [2.45, 2.75) is 206 Å². The lowest BCUT2D eigenvalue weighted by Crippen LogP contribution is -1.93. The standard InChI is InChI=1S/C37H70O2/c1-2-3-4-5-6-7-8-9-10-11-12-13-14-15-16-17-18-19-20-21-22-23-24-25-26-27-28-29-30-31-32-33-34-35-36-37(38)39/h6-7,14-15H,2-5,8-13,16-36H2,1H3,(H,38,39)/b7-6-,15-14-. The van der Waals surface area contributed by atoms with Crippen molar-refractivity contribution in [3.8, 4) is 0 Å². The molecule has 0 fully saturated rings. The minimum absolute atomic E-state index is 0.344. The van der Waals surface area contributed by atoms with Crippen molar-refractivity contribution in [1.29, 1.82) is 0 Å². The molecule has 0 aliphatic carbocycles. The molecule has 0 aromatic heterocycles. The van der Waals surface area contributed by atoms with Gasteiger partial charge in [0, 0.05) is 6.42 Å². The summed E-state index contributed by atoms with van der Waals surface area (Å²) in [5.74, 6) is -0.650. The molecule has 1 N–H and O–H groups in total. The fourth-order valence-corrected chi connectivity index (χ4v) is 5.41. The van der Waals surface area contributed by atoms with Gasteiger partial charge >= 0.3 is 5.97 Å². The molecule has 0 spiro atoms. The highest BCUT2D eigenvalue weighted by molar-refractivity contribution is 5.66. The number of carboxylic acids is 1. The maximum atomic E-state index is 10.5. The fraction of sp³-hybridized carbons (Fsp3) is 0.865. The van der Waals surface area contributed by atoms with Crippen LogP contribution in [0.25, 0.3) is 0 Å². The molecule has 230 valence electrons. The van der Waals surface area contributed by atoms with Crippen LogP contribution >= 0.6 is 0 Å². The highest BCUT2D eigenvalue weighted by Crippen LogP contribution is 2.15. The zero-order valence-corrected chi connectivity index (χ0v) is 26.6. The van der Waals surface area contributed by atoms with Crippen LogP contribution in [-0.2, 0) is 4.79 Å². The van der Waals surface area contributed by atoms with Crippen LogP contribution in [0.5, 0.6) is 0 Å². The van der Waals surface area contributed by atoms with Crippen LogP contribution in [-0.4, -0.2) is 11.1 Å². The molecule has 0 aliphatic heterocycles. The molecule has 0 heterocycles. The van der Waals surface area contributed by atoms with Gasteiger partial charge in [0.25, 0.3) is 0 Å². The second kappa shape index (κ2) is 35.0. The lowest BCUT2D eigenvalue weighted by molar-refractivity contribution is -0.137. The quantitative estimate of drug-likeness (QED) is 0.0656. The average molecular weight is 547 g/mol. The van der Waals surface area contributed by atoms with Crippen molar-refractivity contribution in [2.75, 3.05) is 0 Å². The van der Waals surface area contributed by atoms with E-state index in [9.17, 15) is 4.79 Å². The Labute approximate surface area is 245 Å². The number of rotatable bonds is 33. The molecule has 0 rings (SSSR count). The zero-order chi connectivity index (χ0) is 28.3. The van der Waals surface area contributed by atoms with Crippen molar-refractivity contribution in [2.24, 2.45) is 0 Å². The van der Waals surface area contributed by atoms with Gasteiger partial charge in [-0.2, -0.15) is 0 Å². The molecule has 0 saturated heterocycles. The van der Waals surface area contributed by atoms with E-state index < -0.39 is 5.97 Å². The molecular weight excluding hydrogens is 476 g/mol. The largest absolute Gasteiger partial charge is 0.481 e. The third-order valence-corrected chi connectivity index (χ3v) is 8.06. The lowest BCUT2D eigenvalue weighted by atomic mass is 10.0. The minimum atomic E-state index is -0.650. The summed E-state index contributed by atoms with van der Waals surface area (Å²) < 4.78 is 0. The summed E-state index contributed by atoms with van der Waals surface area (Å²) in [6, 6.07) is 0. The molecule has 2 nitrogen and oxygen atoms in total. The van der Waals surface area contributed by atoms with Crippen LogP contribution in [0.4, 0.5) is 0 Å². The first-order chi connectivity index (χ1) is 19.3. The molecule has 2 heteroatoms. The topological polar surface area (TPSA) is 37.3 Å². The van der Waals surface area contributed by atoms with Gasteiger partial charge in [0.1, 0.15) is 0 Å². The molecule has 0 amide bonds. The van der Waals surface area contributed by atoms with Gasteiger partial charge in [0.15, 0.2) is 0 Å². The van der Waals surface area contributed by atoms with Gasteiger partial charge in [-0.05, 0) is 57.8 Å². The molecule has 0 aliphatic rings. The SMILES string of the molecule is CCCCC/C=C\CCCCCC/C=C\CCCCCCCCCCCCCCCCCCCCCC(=O)O. The van der Waals surface area contributed by atoms with Crippen molar-refractivity contribution >= 4 is 5.97 Å². The van der Waals surface area contributed by atoms with Crippen molar-refractivity contribution in [1.82, 2.24) is 0 Å². The maximum Gasteiger partial charge on any atom is 0.303 e. The maximum absolute atomic E-state index is 10.5. The predicted molar refractivity (Wildman–Crippen MR) is 175 cm³/mol. The normalized spacial score (nSPS) is 11.8. The third kappa shape index (κ3) is 37.0. The molecule has 0 bridgehead atoms. The molecule has 39 heavy (non-hydrogen) atoms. The van der Waals surface area contributed by atoms with E-state index >= 15 is 0 Å². The average Bonchev–Trinajstić information content (AvgIpc) is 2.93. The number of allylic oxidation sites excluding steroid dienone is 4. The molecule has 0 radical (unpaired) electrons. The second-order valence-corrected chi connectivity index (χ2v) is 12.1. The first kappa shape index (κ1) is 38.0. The molecule has 0 unspecified atom stereocenters.